The Labute approximate surface area is 137 Å². The van der Waals surface area contributed by atoms with Gasteiger partial charge in [0.15, 0.2) is 0 Å². The summed E-state index contributed by atoms with van der Waals surface area (Å²) in [6, 6.07) is 16.0. The molecule has 23 heavy (non-hydrogen) atoms. The van der Waals surface area contributed by atoms with Crippen molar-refractivity contribution in [1.82, 2.24) is 4.31 Å². The topological polar surface area (TPSA) is 61.2 Å². The predicted molar refractivity (Wildman–Crippen MR) is 88.2 cm³/mol. The summed E-state index contributed by atoms with van der Waals surface area (Å²) in [4.78, 5) is 0.224. The maximum atomic E-state index is 12.9. The molecule has 5 heteroatoms. The van der Waals surface area contributed by atoms with Crippen molar-refractivity contribution in [3.05, 3.63) is 65.2 Å². The van der Waals surface area contributed by atoms with Crippen molar-refractivity contribution in [1.29, 1.82) is 5.26 Å². The maximum Gasteiger partial charge on any atom is 0.243 e. The Morgan fingerprint density at radius 3 is 2.52 bits per heavy atom. The third-order valence-electron chi connectivity index (χ3n) is 4.44. The third-order valence-corrected chi connectivity index (χ3v) is 6.32. The summed E-state index contributed by atoms with van der Waals surface area (Å²) < 4.78 is 27.2. The summed E-state index contributed by atoms with van der Waals surface area (Å²) in [5.41, 5.74) is 2.78. The molecule has 1 aliphatic carbocycles. The molecule has 0 aromatic heterocycles. The van der Waals surface area contributed by atoms with Gasteiger partial charge >= 0.3 is 0 Å². The first-order valence-corrected chi connectivity index (χ1v) is 9.04. The van der Waals surface area contributed by atoms with E-state index in [0.29, 0.717) is 5.56 Å². The summed E-state index contributed by atoms with van der Waals surface area (Å²) in [6.07, 6.45) is 2.80. The van der Waals surface area contributed by atoms with E-state index < -0.39 is 10.0 Å². The van der Waals surface area contributed by atoms with Crippen molar-refractivity contribution in [3.63, 3.8) is 0 Å². The highest BCUT2D eigenvalue weighted by molar-refractivity contribution is 7.89. The lowest BCUT2D eigenvalue weighted by molar-refractivity contribution is 0.337. The molecule has 0 spiro atoms. The van der Waals surface area contributed by atoms with Crippen LogP contribution in [0.3, 0.4) is 0 Å². The maximum absolute atomic E-state index is 12.9. The van der Waals surface area contributed by atoms with Crippen molar-refractivity contribution in [3.8, 4) is 6.07 Å². The van der Waals surface area contributed by atoms with Gasteiger partial charge in [0.2, 0.25) is 10.0 Å². The second-order valence-corrected chi connectivity index (χ2v) is 7.76. The average Bonchev–Trinajstić information content (AvgIpc) is 2.60. The molecule has 4 nitrogen and oxygen atoms in total. The number of aryl methyl sites for hydroxylation is 1. The first-order valence-electron chi connectivity index (χ1n) is 7.60. The van der Waals surface area contributed by atoms with Gasteiger partial charge in [-0.3, -0.25) is 0 Å². The van der Waals surface area contributed by atoms with E-state index in [2.05, 4.69) is 6.07 Å². The zero-order chi connectivity index (χ0) is 16.4. The number of hydrogen-bond donors (Lipinski definition) is 0. The fraction of sp³-hybridized carbons (Fsp3) is 0.278. The second-order valence-electron chi connectivity index (χ2n) is 5.76. The van der Waals surface area contributed by atoms with Gasteiger partial charge in [0.05, 0.1) is 16.5 Å². The van der Waals surface area contributed by atoms with Gasteiger partial charge in [-0.05, 0) is 54.7 Å². The molecular weight excluding hydrogens is 308 g/mol. The van der Waals surface area contributed by atoms with Crippen LogP contribution in [0.4, 0.5) is 0 Å². The Kier molecular flexibility index (Phi) is 4.20. The van der Waals surface area contributed by atoms with E-state index >= 15 is 0 Å². The minimum atomic E-state index is -3.58. The van der Waals surface area contributed by atoms with Gasteiger partial charge in [-0.25, -0.2) is 8.42 Å². The number of rotatable bonds is 3. The lowest BCUT2D eigenvalue weighted by atomic mass is 9.88. The van der Waals surface area contributed by atoms with Gasteiger partial charge in [0, 0.05) is 13.1 Å². The molecule has 0 saturated heterocycles. The van der Waals surface area contributed by atoms with Crippen LogP contribution in [-0.4, -0.2) is 19.8 Å². The second kappa shape index (κ2) is 6.15. The molecule has 3 rings (SSSR count). The molecule has 0 saturated carbocycles. The van der Waals surface area contributed by atoms with Crippen LogP contribution in [0.25, 0.3) is 0 Å². The van der Waals surface area contributed by atoms with Crippen LogP contribution in [0.1, 0.15) is 35.6 Å². The van der Waals surface area contributed by atoms with E-state index in [1.165, 1.54) is 34.1 Å². The van der Waals surface area contributed by atoms with Crippen molar-refractivity contribution < 1.29 is 8.42 Å². The van der Waals surface area contributed by atoms with E-state index in [1.807, 2.05) is 24.3 Å². The number of hydrogen-bond acceptors (Lipinski definition) is 3. The van der Waals surface area contributed by atoms with Crippen molar-refractivity contribution in [2.45, 2.75) is 30.2 Å². The monoisotopic (exact) mass is 326 g/mol. The summed E-state index contributed by atoms with van der Waals surface area (Å²) in [5, 5.41) is 8.84. The minimum Gasteiger partial charge on any atom is -0.207 e. The minimum absolute atomic E-state index is 0.138. The first kappa shape index (κ1) is 15.7. The quantitative estimate of drug-likeness (QED) is 0.870. The van der Waals surface area contributed by atoms with E-state index in [4.69, 9.17) is 5.26 Å². The van der Waals surface area contributed by atoms with Gasteiger partial charge in [-0.15, -0.1) is 0 Å². The molecule has 1 aliphatic rings. The molecule has 0 bridgehead atoms. The Balaban J connectivity index is 1.96. The average molecular weight is 326 g/mol. The number of fused-ring (bicyclic) bond motifs is 1. The highest BCUT2D eigenvalue weighted by Gasteiger charge is 2.31. The highest BCUT2D eigenvalue weighted by atomic mass is 32.2. The number of benzene rings is 2. The molecule has 0 amide bonds. The molecule has 0 unspecified atom stereocenters. The normalized spacial score (nSPS) is 17.5. The fourth-order valence-electron chi connectivity index (χ4n) is 3.14. The Hall–Kier alpha value is -2.16. The predicted octanol–water partition coefficient (Wildman–Crippen LogP) is 3.26. The van der Waals surface area contributed by atoms with Crippen LogP contribution < -0.4 is 0 Å². The fourth-order valence-corrected chi connectivity index (χ4v) is 4.51. The summed E-state index contributed by atoms with van der Waals surface area (Å²) in [5.74, 6) is 0. The van der Waals surface area contributed by atoms with E-state index in [1.54, 1.807) is 7.05 Å². The summed E-state index contributed by atoms with van der Waals surface area (Å²) in [6.45, 7) is 0. The standard InChI is InChI=1S/C18H18N2O2S/c1-20(18-8-4-6-15-5-2-3-7-17(15)18)23(21,22)16-11-9-14(13-19)10-12-16/h2-3,5,7,9-12,18H,4,6,8H2,1H3/t18-/m0/s1. The Morgan fingerprint density at radius 1 is 1.13 bits per heavy atom. The molecule has 118 valence electrons. The molecule has 0 N–H and O–H groups in total. The van der Waals surface area contributed by atoms with Gasteiger partial charge in [0.25, 0.3) is 0 Å². The number of nitrogens with zero attached hydrogens (tertiary/aromatic N) is 2. The van der Waals surface area contributed by atoms with E-state index in [9.17, 15) is 8.42 Å². The van der Waals surface area contributed by atoms with Crippen LogP contribution in [0.2, 0.25) is 0 Å². The number of nitriles is 1. The van der Waals surface area contributed by atoms with E-state index in [-0.39, 0.29) is 10.9 Å². The first-order chi connectivity index (χ1) is 11.0. The van der Waals surface area contributed by atoms with Crippen molar-refractivity contribution >= 4 is 10.0 Å². The Bertz CT molecular complexity index is 851. The molecule has 2 aromatic carbocycles. The van der Waals surface area contributed by atoms with Crippen LogP contribution in [0.5, 0.6) is 0 Å². The Morgan fingerprint density at radius 2 is 1.83 bits per heavy atom. The molecule has 0 radical (unpaired) electrons. The van der Waals surface area contributed by atoms with Crippen molar-refractivity contribution in [2.75, 3.05) is 7.05 Å². The van der Waals surface area contributed by atoms with Gasteiger partial charge in [-0.1, -0.05) is 24.3 Å². The SMILES string of the molecule is CN([C@H]1CCCc2ccccc21)S(=O)(=O)c1ccc(C#N)cc1. The highest BCUT2D eigenvalue weighted by Crippen LogP contribution is 2.36. The van der Waals surface area contributed by atoms with Crippen LogP contribution >= 0.6 is 0 Å². The summed E-state index contributed by atoms with van der Waals surface area (Å²) in [7, 11) is -1.94. The van der Waals surface area contributed by atoms with Gasteiger partial charge in [-0.2, -0.15) is 9.57 Å². The summed E-state index contributed by atoms with van der Waals surface area (Å²) >= 11 is 0. The molecule has 0 fully saturated rings. The molecule has 0 heterocycles. The van der Waals surface area contributed by atoms with Crippen LogP contribution in [0, 0.1) is 11.3 Å². The zero-order valence-electron chi connectivity index (χ0n) is 12.9. The molecular formula is C18H18N2O2S. The van der Waals surface area contributed by atoms with Crippen LogP contribution in [-0.2, 0) is 16.4 Å². The molecule has 2 aromatic rings. The van der Waals surface area contributed by atoms with E-state index in [0.717, 1.165) is 24.8 Å². The van der Waals surface area contributed by atoms with Crippen LogP contribution in [0.15, 0.2) is 53.4 Å². The van der Waals surface area contributed by atoms with Crippen molar-refractivity contribution in [2.24, 2.45) is 0 Å². The third kappa shape index (κ3) is 2.88. The largest absolute Gasteiger partial charge is 0.243 e. The number of sulfonamides is 1. The zero-order valence-corrected chi connectivity index (χ0v) is 13.8. The smallest absolute Gasteiger partial charge is 0.207 e. The molecule has 1 atom stereocenters. The molecule has 0 aliphatic heterocycles. The lowest BCUT2D eigenvalue weighted by Crippen LogP contribution is -2.33. The van der Waals surface area contributed by atoms with Gasteiger partial charge in [0.1, 0.15) is 0 Å². The van der Waals surface area contributed by atoms with Gasteiger partial charge < -0.3 is 0 Å². The lowest BCUT2D eigenvalue weighted by Gasteiger charge is -2.32.